The van der Waals surface area contributed by atoms with E-state index in [1.807, 2.05) is 6.07 Å². The molecule has 2 aromatic heterocycles. The van der Waals surface area contributed by atoms with Crippen LogP contribution in [-0.2, 0) is 10.0 Å². The Morgan fingerprint density at radius 2 is 1.71 bits per heavy atom. The van der Waals surface area contributed by atoms with E-state index in [1.54, 1.807) is 24.5 Å². The molecule has 8 heteroatoms. The highest BCUT2D eigenvalue weighted by Gasteiger charge is 2.23. The second kappa shape index (κ2) is 7.35. The van der Waals surface area contributed by atoms with E-state index < -0.39 is 10.0 Å². The molecule has 3 aromatic rings. The van der Waals surface area contributed by atoms with E-state index in [0.717, 1.165) is 37.1 Å². The van der Waals surface area contributed by atoms with Crippen molar-refractivity contribution in [1.82, 2.24) is 8.96 Å². The molecule has 0 atom stereocenters. The van der Waals surface area contributed by atoms with Crippen LogP contribution < -0.4 is 14.4 Å². The molecule has 1 aliphatic heterocycles. The number of hydrogen-bond donors (Lipinski definition) is 0. The zero-order valence-corrected chi connectivity index (χ0v) is 16.8. The summed E-state index contributed by atoms with van der Waals surface area (Å²) in [6, 6.07) is 8.16. The van der Waals surface area contributed by atoms with Crippen LogP contribution in [0.1, 0.15) is 19.3 Å². The van der Waals surface area contributed by atoms with Gasteiger partial charge in [0.05, 0.1) is 24.6 Å². The molecule has 0 amide bonds. The van der Waals surface area contributed by atoms with E-state index in [4.69, 9.17) is 9.47 Å². The first-order valence-electron chi connectivity index (χ1n) is 9.25. The maximum atomic E-state index is 13.3. The number of piperidine rings is 1. The van der Waals surface area contributed by atoms with Gasteiger partial charge in [0.2, 0.25) is 0 Å². The van der Waals surface area contributed by atoms with Crippen molar-refractivity contribution in [1.29, 1.82) is 0 Å². The smallest absolute Gasteiger partial charge is 0.268 e. The van der Waals surface area contributed by atoms with Gasteiger partial charge in [0.1, 0.15) is 5.82 Å². The lowest BCUT2D eigenvalue weighted by molar-refractivity contribution is 0.354. The topological polar surface area (TPSA) is 73.7 Å². The van der Waals surface area contributed by atoms with Crippen molar-refractivity contribution in [3.05, 3.63) is 42.7 Å². The van der Waals surface area contributed by atoms with Crippen LogP contribution in [0.15, 0.2) is 47.6 Å². The van der Waals surface area contributed by atoms with Gasteiger partial charge in [-0.25, -0.2) is 17.4 Å². The Kier molecular flexibility index (Phi) is 4.89. The van der Waals surface area contributed by atoms with Crippen LogP contribution in [0.3, 0.4) is 0 Å². The lowest BCUT2D eigenvalue weighted by atomic mass is 10.1. The van der Waals surface area contributed by atoms with Gasteiger partial charge in [-0.05, 0) is 43.5 Å². The summed E-state index contributed by atoms with van der Waals surface area (Å²) < 4.78 is 38.4. The third-order valence-corrected chi connectivity index (χ3v) is 6.81. The highest BCUT2D eigenvalue weighted by atomic mass is 32.2. The first-order valence-corrected chi connectivity index (χ1v) is 10.7. The highest BCUT2D eigenvalue weighted by Crippen LogP contribution is 2.33. The third kappa shape index (κ3) is 3.07. The van der Waals surface area contributed by atoms with Crippen LogP contribution in [-0.4, -0.2) is 44.7 Å². The van der Waals surface area contributed by atoms with Crippen molar-refractivity contribution >= 4 is 26.7 Å². The Bertz CT molecular complexity index is 1100. The first-order chi connectivity index (χ1) is 13.6. The summed E-state index contributed by atoms with van der Waals surface area (Å²) in [4.78, 5) is 6.90. The quantitative estimate of drug-likeness (QED) is 0.653. The molecule has 1 aromatic carbocycles. The van der Waals surface area contributed by atoms with E-state index in [-0.39, 0.29) is 4.90 Å². The van der Waals surface area contributed by atoms with Crippen molar-refractivity contribution in [3.8, 4) is 11.5 Å². The molecule has 0 N–H and O–H groups in total. The van der Waals surface area contributed by atoms with Crippen LogP contribution in [0.5, 0.6) is 11.5 Å². The molecular formula is C20H23N3O4S. The number of pyridine rings is 1. The van der Waals surface area contributed by atoms with Crippen molar-refractivity contribution < 1.29 is 17.9 Å². The number of aromatic nitrogens is 2. The summed E-state index contributed by atoms with van der Waals surface area (Å²) in [6.07, 6.45) is 6.74. The highest BCUT2D eigenvalue weighted by molar-refractivity contribution is 7.90. The molecular weight excluding hydrogens is 378 g/mol. The van der Waals surface area contributed by atoms with E-state index in [0.29, 0.717) is 17.0 Å². The van der Waals surface area contributed by atoms with Crippen LogP contribution >= 0.6 is 0 Å². The lowest BCUT2D eigenvalue weighted by Gasteiger charge is -2.28. The number of ether oxygens (including phenoxy) is 2. The second-order valence-electron chi connectivity index (χ2n) is 6.75. The van der Waals surface area contributed by atoms with Crippen molar-refractivity contribution in [2.24, 2.45) is 0 Å². The summed E-state index contributed by atoms with van der Waals surface area (Å²) in [6.45, 7) is 1.89. The normalized spacial score (nSPS) is 15.0. The summed E-state index contributed by atoms with van der Waals surface area (Å²) in [5.74, 6) is 1.70. The summed E-state index contributed by atoms with van der Waals surface area (Å²) in [5, 5.41) is 0.841. The molecule has 28 heavy (non-hydrogen) atoms. The number of nitrogens with zero attached hydrogens (tertiary/aromatic N) is 3. The first kappa shape index (κ1) is 18.6. The lowest BCUT2D eigenvalue weighted by Crippen LogP contribution is -2.30. The van der Waals surface area contributed by atoms with E-state index >= 15 is 0 Å². The minimum absolute atomic E-state index is 0.138. The van der Waals surface area contributed by atoms with Crippen molar-refractivity contribution in [2.75, 3.05) is 32.2 Å². The fourth-order valence-corrected chi connectivity index (χ4v) is 5.05. The summed E-state index contributed by atoms with van der Waals surface area (Å²) in [5.41, 5.74) is 0.616. The van der Waals surface area contributed by atoms with E-state index in [2.05, 4.69) is 9.88 Å². The SMILES string of the molecule is COc1ccc(S(=O)(=O)n2ccc3c(N4CCCCC4)nccc32)cc1OC. The monoisotopic (exact) mass is 401 g/mol. The molecule has 4 rings (SSSR count). The zero-order valence-electron chi connectivity index (χ0n) is 16.0. The van der Waals surface area contributed by atoms with Gasteiger partial charge >= 0.3 is 0 Å². The van der Waals surface area contributed by atoms with Gasteiger partial charge < -0.3 is 14.4 Å². The largest absolute Gasteiger partial charge is 0.493 e. The number of fused-ring (bicyclic) bond motifs is 1. The van der Waals surface area contributed by atoms with Gasteiger partial charge in [-0.2, -0.15) is 0 Å². The molecule has 0 spiro atoms. The molecule has 148 valence electrons. The van der Waals surface area contributed by atoms with Gasteiger partial charge in [-0.1, -0.05) is 0 Å². The third-order valence-electron chi connectivity index (χ3n) is 5.13. The molecule has 0 saturated carbocycles. The van der Waals surface area contributed by atoms with Crippen LogP contribution in [0, 0.1) is 0 Å². The maximum absolute atomic E-state index is 13.3. The minimum Gasteiger partial charge on any atom is -0.493 e. The van der Waals surface area contributed by atoms with Gasteiger partial charge in [0.15, 0.2) is 11.5 Å². The summed E-state index contributed by atoms with van der Waals surface area (Å²) >= 11 is 0. The molecule has 0 radical (unpaired) electrons. The minimum atomic E-state index is -3.79. The Morgan fingerprint density at radius 3 is 2.43 bits per heavy atom. The average Bonchev–Trinajstić information content (AvgIpc) is 3.19. The molecule has 0 unspecified atom stereocenters. The fraction of sp³-hybridized carbons (Fsp3) is 0.350. The Hall–Kier alpha value is -2.74. The average molecular weight is 401 g/mol. The number of rotatable bonds is 5. The summed E-state index contributed by atoms with van der Waals surface area (Å²) in [7, 11) is -0.796. The fourth-order valence-electron chi connectivity index (χ4n) is 3.68. The molecule has 0 bridgehead atoms. The Balaban J connectivity index is 1.80. The predicted octanol–water partition coefficient (Wildman–Crippen LogP) is 3.28. The number of hydrogen-bond acceptors (Lipinski definition) is 6. The van der Waals surface area contributed by atoms with E-state index in [9.17, 15) is 8.42 Å². The Labute approximate surface area is 164 Å². The van der Waals surface area contributed by atoms with Gasteiger partial charge in [-0.3, -0.25) is 0 Å². The van der Waals surface area contributed by atoms with Crippen LogP contribution in [0.2, 0.25) is 0 Å². The van der Waals surface area contributed by atoms with Gasteiger partial charge in [0, 0.05) is 36.9 Å². The number of anilines is 1. The second-order valence-corrected chi connectivity index (χ2v) is 8.56. The number of benzene rings is 1. The van der Waals surface area contributed by atoms with Crippen LogP contribution in [0.4, 0.5) is 5.82 Å². The molecule has 7 nitrogen and oxygen atoms in total. The maximum Gasteiger partial charge on any atom is 0.268 e. The standard InChI is InChI=1S/C20H23N3O4S/c1-26-18-7-6-15(14-19(18)27-2)28(24,25)23-13-9-16-17(23)8-10-21-20(16)22-11-4-3-5-12-22/h6-10,13-14H,3-5,11-12H2,1-2H3. The molecule has 1 aliphatic rings. The van der Waals surface area contributed by atoms with Gasteiger partial charge in [0.25, 0.3) is 10.0 Å². The van der Waals surface area contributed by atoms with Crippen molar-refractivity contribution in [3.63, 3.8) is 0 Å². The van der Waals surface area contributed by atoms with Crippen LogP contribution in [0.25, 0.3) is 10.9 Å². The molecule has 1 saturated heterocycles. The van der Waals surface area contributed by atoms with E-state index in [1.165, 1.54) is 36.7 Å². The predicted molar refractivity (Wildman–Crippen MR) is 108 cm³/mol. The molecule has 3 heterocycles. The molecule has 1 fully saturated rings. The Morgan fingerprint density at radius 1 is 0.964 bits per heavy atom. The zero-order chi connectivity index (χ0) is 19.7. The van der Waals surface area contributed by atoms with Gasteiger partial charge in [-0.15, -0.1) is 0 Å². The van der Waals surface area contributed by atoms with Crippen molar-refractivity contribution in [2.45, 2.75) is 24.2 Å². The molecule has 0 aliphatic carbocycles. The number of methoxy groups -OCH3 is 2.